The first-order valence-electron chi connectivity index (χ1n) is 9.23. The van der Waals surface area contributed by atoms with Crippen LogP contribution in [-0.4, -0.2) is 62.6 Å². The Hall–Kier alpha value is -3.40. The van der Waals surface area contributed by atoms with Gasteiger partial charge in [0.05, 0.1) is 18.3 Å². The highest BCUT2D eigenvalue weighted by Crippen LogP contribution is 2.24. The van der Waals surface area contributed by atoms with E-state index in [1.54, 1.807) is 23.3 Å². The van der Waals surface area contributed by atoms with Gasteiger partial charge in [0.1, 0.15) is 12.2 Å². The number of carbonyl (C=O) groups excluding carboxylic acids is 1. The van der Waals surface area contributed by atoms with Gasteiger partial charge in [0.2, 0.25) is 5.43 Å². The molecular formula is C19H20N4O6. The third kappa shape index (κ3) is 3.54. The van der Waals surface area contributed by atoms with E-state index in [1.165, 1.54) is 9.58 Å². The van der Waals surface area contributed by atoms with Gasteiger partial charge < -0.3 is 19.8 Å². The molecule has 4 rings (SSSR count). The van der Waals surface area contributed by atoms with Gasteiger partial charge in [-0.2, -0.15) is 0 Å². The molecule has 1 fully saturated rings. The molecule has 0 unspecified atom stereocenters. The number of hydrogen-bond donors (Lipinski definition) is 2. The number of ether oxygens (including phenoxy) is 1. The molecule has 29 heavy (non-hydrogen) atoms. The van der Waals surface area contributed by atoms with Gasteiger partial charge in [-0.3, -0.25) is 24.3 Å². The Balaban J connectivity index is 1.77. The summed E-state index contributed by atoms with van der Waals surface area (Å²) in [5.41, 5.74) is -1.29. The van der Waals surface area contributed by atoms with Crippen molar-refractivity contribution in [3.63, 3.8) is 0 Å². The van der Waals surface area contributed by atoms with Gasteiger partial charge in [0.15, 0.2) is 11.4 Å². The first kappa shape index (κ1) is 18.9. The van der Waals surface area contributed by atoms with Crippen molar-refractivity contribution in [3.05, 3.63) is 57.8 Å². The smallest absolute Gasteiger partial charge is 0.341 e. The number of fused-ring (bicyclic) bond motifs is 1. The lowest BCUT2D eigenvalue weighted by atomic mass is 10.1. The Labute approximate surface area is 165 Å². The van der Waals surface area contributed by atoms with E-state index in [-0.39, 0.29) is 25.0 Å². The normalized spacial score (nSPS) is 18.8. The van der Waals surface area contributed by atoms with E-state index in [1.807, 2.05) is 6.07 Å². The van der Waals surface area contributed by atoms with Crippen LogP contribution >= 0.6 is 0 Å². The molecule has 10 nitrogen and oxygen atoms in total. The first-order chi connectivity index (χ1) is 14.0. The van der Waals surface area contributed by atoms with E-state index < -0.39 is 28.6 Å². The summed E-state index contributed by atoms with van der Waals surface area (Å²) in [5.74, 6) is -2.91. The summed E-state index contributed by atoms with van der Waals surface area (Å²) in [6.45, 7) is 1.31. The fourth-order valence-electron chi connectivity index (χ4n) is 3.62. The highest BCUT2D eigenvalue weighted by molar-refractivity contribution is 5.97. The number of rotatable bonds is 5. The number of carboxylic acid groups (broad SMARTS) is 1. The highest BCUT2D eigenvalue weighted by Gasteiger charge is 2.36. The van der Waals surface area contributed by atoms with E-state index in [4.69, 9.17) is 4.74 Å². The van der Waals surface area contributed by atoms with E-state index in [0.717, 1.165) is 19.0 Å². The summed E-state index contributed by atoms with van der Waals surface area (Å²) < 4.78 is 6.86. The highest BCUT2D eigenvalue weighted by atomic mass is 16.5. The number of pyridine rings is 2. The van der Waals surface area contributed by atoms with Crippen LogP contribution in [0.2, 0.25) is 0 Å². The van der Waals surface area contributed by atoms with Crippen LogP contribution in [0.4, 0.5) is 0 Å². The predicted octanol–water partition coefficient (Wildman–Crippen LogP) is 0.378. The van der Waals surface area contributed by atoms with E-state index in [2.05, 4.69) is 4.98 Å². The number of aromatic nitrogens is 2. The number of nitrogens with zero attached hydrogens (tertiary/aromatic N) is 4. The molecular weight excluding hydrogens is 380 g/mol. The number of carboxylic acids is 1. The van der Waals surface area contributed by atoms with Crippen LogP contribution in [-0.2, 0) is 11.3 Å². The zero-order valence-corrected chi connectivity index (χ0v) is 15.5. The zero-order chi connectivity index (χ0) is 20.5. The molecule has 2 aromatic rings. The molecule has 0 aliphatic carbocycles. The van der Waals surface area contributed by atoms with Gasteiger partial charge in [-0.05, 0) is 25.0 Å². The first-order valence-corrected chi connectivity index (χ1v) is 9.23. The van der Waals surface area contributed by atoms with Gasteiger partial charge >= 0.3 is 5.97 Å². The zero-order valence-electron chi connectivity index (χ0n) is 15.5. The number of aromatic hydroxyl groups is 1. The number of carbonyl (C=O) groups is 2. The summed E-state index contributed by atoms with van der Waals surface area (Å²) in [6.07, 6.45) is 4.31. The molecule has 0 saturated carbocycles. The second-order valence-corrected chi connectivity index (χ2v) is 7.01. The Bertz CT molecular complexity index is 1000. The molecule has 1 atom stereocenters. The lowest BCUT2D eigenvalue weighted by Crippen LogP contribution is -2.55. The molecule has 1 saturated heterocycles. The van der Waals surface area contributed by atoms with Crippen molar-refractivity contribution in [2.24, 2.45) is 0 Å². The van der Waals surface area contributed by atoms with Gasteiger partial charge in [-0.15, -0.1) is 0 Å². The standard InChI is InChI=1S/C19H20N4O6/c24-16-14(19(27)28)10-23-15(17(16)25)18(26)21(9-13-5-3-7-29-13)11-22(23)8-12-4-1-2-6-20-12/h1-2,4,6,10,13,25H,3,5,7-9,11H2,(H,27,28)/t13-/m1/s1. The maximum Gasteiger partial charge on any atom is 0.341 e. The molecule has 0 radical (unpaired) electrons. The fourth-order valence-corrected chi connectivity index (χ4v) is 3.62. The second-order valence-electron chi connectivity index (χ2n) is 7.01. The molecule has 2 aliphatic heterocycles. The fraction of sp³-hybridized carbons (Fsp3) is 0.368. The largest absolute Gasteiger partial charge is 0.502 e. The minimum Gasteiger partial charge on any atom is -0.502 e. The van der Waals surface area contributed by atoms with Crippen LogP contribution in [0.15, 0.2) is 35.4 Å². The van der Waals surface area contributed by atoms with Crippen LogP contribution in [0.3, 0.4) is 0 Å². The average molecular weight is 400 g/mol. The van der Waals surface area contributed by atoms with Crippen LogP contribution in [0.1, 0.15) is 39.4 Å². The maximum absolute atomic E-state index is 13.0. The van der Waals surface area contributed by atoms with Gasteiger partial charge in [-0.25, -0.2) is 4.79 Å². The lowest BCUT2D eigenvalue weighted by molar-refractivity contribution is 0.0453. The van der Waals surface area contributed by atoms with Crippen molar-refractivity contribution in [1.29, 1.82) is 0 Å². The molecule has 10 heteroatoms. The summed E-state index contributed by atoms with van der Waals surface area (Å²) in [6, 6.07) is 5.38. The third-order valence-corrected chi connectivity index (χ3v) is 5.04. The summed E-state index contributed by atoms with van der Waals surface area (Å²) in [4.78, 5) is 42.5. The Kier molecular flexibility index (Phi) is 4.93. The topological polar surface area (TPSA) is 125 Å². The van der Waals surface area contributed by atoms with Crippen molar-refractivity contribution in [2.75, 3.05) is 24.8 Å². The molecule has 152 valence electrons. The minimum absolute atomic E-state index is 0.116. The number of hydrogen-bond acceptors (Lipinski definition) is 7. The SMILES string of the molecule is O=C(O)c1cn2c(c(O)c1=O)C(=O)N(C[C@H]1CCCO1)CN2Cc1ccccn1. The predicted molar refractivity (Wildman–Crippen MR) is 100 cm³/mol. The van der Waals surface area contributed by atoms with Crippen molar-refractivity contribution in [2.45, 2.75) is 25.5 Å². The minimum atomic E-state index is -1.48. The quantitative estimate of drug-likeness (QED) is 0.738. The molecule has 2 N–H and O–H groups in total. The van der Waals surface area contributed by atoms with Crippen molar-refractivity contribution >= 4 is 11.9 Å². The van der Waals surface area contributed by atoms with Crippen LogP contribution in [0, 0.1) is 0 Å². The summed E-state index contributed by atoms with van der Waals surface area (Å²) in [7, 11) is 0. The van der Waals surface area contributed by atoms with E-state index >= 15 is 0 Å². The summed E-state index contributed by atoms with van der Waals surface area (Å²) in [5, 5.41) is 21.3. The third-order valence-electron chi connectivity index (χ3n) is 5.04. The van der Waals surface area contributed by atoms with Crippen molar-refractivity contribution in [1.82, 2.24) is 14.6 Å². The Morgan fingerprint density at radius 1 is 1.31 bits per heavy atom. The monoisotopic (exact) mass is 400 g/mol. The van der Waals surface area contributed by atoms with Crippen molar-refractivity contribution in [3.8, 4) is 5.75 Å². The Morgan fingerprint density at radius 3 is 2.79 bits per heavy atom. The molecule has 0 spiro atoms. The maximum atomic E-state index is 13.0. The van der Waals surface area contributed by atoms with Gasteiger partial charge in [0, 0.05) is 25.5 Å². The Morgan fingerprint density at radius 2 is 2.14 bits per heavy atom. The van der Waals surface area contributed by atoms with Gasteiger partial charge in [0.25, 0.3) is 5.91 Å². The molecule has 2 aromatic heterocycles. The second kappa shape index (κ2) is 7.55. The molecule has 4 heterocycles. The molecule has 1 amide bonds. The van der Waals surface area contributed by atoms with E-state index in [0.29, 0.717) is 18.8 Å². The number of amides is 1. The van der Waals surface area contributed by atoms with Gasteiger partial charge in [-0.1, -0.05) is 6.07 Å². The van der Waals surface area contributed by atoms with Crippen LogP contribution < -0.4 is 10.4 Å². The van der Waals surface area contributed by atoms with E-state index in [9.17, 15) is 24.6 Å². The van der Waals surface area contributed by atoms with Crippen LogP contribution in [0.5, 0.6) is 5.75 Å². The molecule has 0 bridgehead atoms. The summed E-state index contributed by atoms with van der Waals surface area (Å²) >= 11 is 0. The lowest BCUT2D eigenvalue weighted by Gasteiger charge is -2.40. The molecule has 2 aliphatic rings. The number of aromatic carboxylic acids is 1. The average Bonchev–Trinajstić information content (AvgIpc) is 3.21. The van der Waals surface area contributed by atoms with Crippen LogP contribution in [0.25, 0.3) is 0 Å². The molecule has 0 aromatic carbocycles. The van der Waals surface area contributed by atoms with Crippen molar-refractivity contribution < 1.29 is 24.5 Å².